The number of oxazole rings is 1. The average molecular weight is 441 g/mol. The number of halogens is 1. The van der Waals surface area contributed by atoms with Crippen LogP contribution in [0.4, 0.5) is 5.69 Å². The highest BCUT2D eigenvalue weighted by Crippen LogP contribution is 2.28. The van der Waals surface area contributed by atoms with Crippen molar-refractivity contribution in [1.29, 1.82) is 0 Å². The number of hydrogen-bond donors (Lipinski definition) is 1. The topological polar surface area (TPSA) is 81.4 Å². The van der Waals surface area contributed by atoms with E-state index in [1.54, 1.807) is 18.2 Å². The van der Waals surface area contributed by atoms with Crippen molar-refractivity contribution in [3.63, 3.8) is 0 Å². The van der Waals surface area contributed by atoms with Gasteiger partial charge in [-0.25, -0.2) is 9.78 Å². The molecule has 4 rings (SSSR count). The number of nitrogens with one attached hydrogen (secondary N) is 1. The standard InChI is InChI=1S/C21H17BrN2O4/c1-12-20(13-5-7-14(22)8-6-13)28-19(23-12)10-9-18(25)24-17-4-2-3-15-16(17)11-27-21(15)26/h2-8H,9-11H2,1H3,(H,24,25). The van der Waals surface area contributed by atoms with E-state index in [-0.39, 0.29) is 24.9 Å². The van der Waals surface area contributed by atoms with E-state index in [9.17, 15) is 9.59 Å². The predicted octanol–water partition coefficient (Wildman–Crippen LogP) is 4.65. The molecule has 0 radical (unpaired) electrons. The summed E-state index contributed by atoms with van der Waals surface area (Å²) in [6, 6.07) is 13.0. The van der Waals surface area contributed by atoms with Gasteiger partial charge < -0.3 is 14.5 Å². The monoisotopic (exact) mass is 440 g/mol. The molecule has 0 saturated carbocycles. The maximum Gasteiger partial charge on any atom is 0.338 e. The van der Waals surface area contributed by atoms with E-state index in [1.807, 2.05) is 31.2 Å². The summed E-state index contributed by atoms with van der Waals surface area (Å²) in [5, 5.41) is 2.85. The summed E-state index contributed by atoms with van der Waals surface area (Å²) in [6.45, 7) is 2.06. The van der Waals surface area contributed by atoms with Crippen molar-refractivity contribution in [2.45, 2.75) is 26.4 Å². The van der Waals surface area contributed by atoms with Gasteiger partial charge in [-0.05, 0) is 31.2 Å². The zero-order valence-corrected chi connectivity index (χ0v) is 16.7. The van der Waals surface area contributed by atoms with Gasteiger partial charge in [0.05, 0.1) is 11.3 Å². The van der Waals surface area contributed by atoms with Crippen LogP contribution in [-0.4, -0.2) is 16.9 Å². The smallest absolute Gasteiger partial charge is 0.338 e. The first-order valence-electron chi connectivity index (χ1n) is 8.82. The van der Waals surface area contributed by atoms with E-state index >= 15 is 0 Å². The van der Waals surface area contributed by atoms with E-state index in [2.05, 4.69) is 26.2 Å². The number of aromatic nitrogens is 1. The van der Waals surface area contributed by atoms with Crippen LogP contribution in [0, 0.1) is 6.92 Å². The number of nitrogens with zero attached hydrogens (tertiary/aromatic N) is 1. The van der Waals surface area contributed by atoms with Crippen LogP contribution in [0.2, 0.25) is 0 Å². The summed E-state index contributed by atoms with van der Waals surface area (Å²) >= 11 is 3.41. The number of ether oxygens (including phenoxy) is 1. The number of hydrogen-bond acceptors (Lipinski definition) is 5. The number of carbonyl (C=O) groups excluding carboxylic acids is 2. The van der Waals surface area contributed by atoms with Crippen molar-refractivity contribution in [2.75, 3.05) is 5.32 Å². The first kappa shape index (κ1) is 18.4. The van der Waals surface area contributed by atoms with Crippen molar-refractivity contribution in [2.24, 2.45) is 0 Å². The largest absolute Gasteiger partial charge is 0.457 e. The molecule has 28 heavy (non-hydrogen) atoms. The lowest BCUT2D eigenvalue weighted by Crippen LogP contribution is -2.14. The average Bonchev–Trinajstić information content (AvgIpc) is 3.24. The third-order valence-electron chi connectivity index (χ3n) is 4.53. The van der Waals surface area contributed by atoms with Gasteiger partial charge in [0.2, 0.25) is 5.91 Å². The van der Waals surface area contributed by atoms with Crippen molar-refractivity contribution in [3.05, 3.63) is 69.6 Å². The number of rotatable bonds is 5. The Bertz CT molecular complexity index is 1060. The Morgan fingerprint density at radius 2 is 2.00 bits per heavy atom. The van der Waals surface area contributed by atoms with E-state index < -0.39 is 0 Å². The number of amides is 1. The molecule has 1 aliphatic heterocycles. The van der Waals surface area contributed by atoms with Crippen LogP contribution in [0.25, 0.3) is 11.3 Å². The molecule has 142 valence electrons. The lowest BCUT2D eigenvalue weighted by Gasteiger charge is -2.07. The van der Waals surface area contributed by atoms with Crippen molar-refractivity contribution < 1.29 is 18.7 Å². The first-order chi connectivity index (χ1) is 13.5. The van der Waals surface area contributed by atoms with Gasteiger partial charge in [0.1, 0.15) is 6.61 Å². The van der Waals surface area contributed by atoms with E-state index in [0.29, 0.717) is 34.9 Å². The van der Waals surface area contributed by atoms with Crippen LogP contribution in [0.3, 0.4) is 0 Å². The molecule has 3 aromatic rings. The van der Waals surface area contributed by atoms with E-state index in [1.165, 1.54) is 0 Å². The van der Waals surface area contributed by atoms with E-state index in [4.69, 9.17) is 9.15 Å². The summed E-state index contributed by atoms with van der Waals surface area (Å²) in [5.41, 5.74) is 3.54. The minimum absolute atomic E-state index is 0.172. The second-order valence-corrected chi connectivity index (χ2v) is 7.40. The third kappa shape index (κ3) is 3.71. The van der Waals surface area contributed by atoms with Gasteiger partial charge in [-0.3, -0.25) is 4.79 Å². The number of benzene rings is 2. The van der Waals surface area contributed by atoms with Crippen LogP contribution in [-0.2, 0) is 22.6 Å². The molecule has 1 aromatic heterocycles. The Balaban J connectivity index is 1.41. The van der Waals surface area contributed by atoms with Gasteiger partial charge >= 0.3 is 5.97 Å². The Morgan fingerprint density at radius 3 is 2.79 bits per heavy atom. The second-order valence-electron chi connectivity index (χ2n) is 6.49. The fourth-order valence-electron chi connectivity index (χ4n) is 3.13. The summed E-state index contributed by atoms with van der Waals surface area (Å²) in [6.07, 6.45) is 0.603. The maximum absolute atomic E-state index is 12.4. The Hall–Kier alpha value is -2.93. The quantitative estimate of drug-likeness (QED) is 0.583. The Morgan fingerprint density at radius 1 is 1.21 bits per heavy atom. The second kappa shape index (κ2) is 7.59. The SMILES string of the molecule is Cc1nc(CCC(=O)Nc2cccc3c2COC3=O)oc1-c1ccc(Br)cc1. The molecule has 0 unspecified atom stereocenters. The van der Waals surface area contributed by atoms with Crippen molar-refractivity contribution in [1.82, 2.24) is 4.98 Å². The van der Waals surface area contributed by atoms with Gasteiger partial charge in [0, 0.05) is 34.1 Å². The molecule has 0 aliphatic carbocycles. The third-order valence-corrected chi connectivity index (χ3v) is 5.06. The molecule has 2 aromatic carbocycles. The highest BCUT2D eigenvalue weighted by Gasteiger charge is 2.24. The minimum atomic E-state index is -0.359. The minimum Gasteiger partial charge on any atom is -0.457 e. The van der Waals surface area contributed by atoms with Crippen LogP contribution in [0.5, 0.6) is 0 Å². The molecule has 7 heteroatoms. The van der Waals surface area contributed by atoms with Gasteiger partial charge in [0.15, 0.2) is 11.7 Å². The molecule has 0 atom stereocenters. The zero-order chi connectivity index (χ0) is 19.7. The van der Waals surface area contributed by atoms with Crippen LogP contribution >= 0.6 is 15.9 Å². The highest BCUT2D eigenvalue weighted by molar-refractivity contribution is 9.10. The lowest BCUT2D eigenvalue weighted by atomic mass is 10.1. The number of aryl methyl sites for hydroxylation is 2. The fraction of sp³-hybridized carbons (Fsp3) is 0.190. The number of anilines is 1. The number of cyclic esters (lactones) is 1. The Labute approximate surface area is 170 Å². The lowest BCUT2D eigenvalue weighted by molar-refractivity contribution is -0.116. The van der Waals surface area contributed by atoms with Gasteiger partial charge in [0.25, 0.3) is 0 Å². The van der Waals surface area contributed by atoms with Crippen LogP contribution in [0.15, 0.2) is 51.4 Å². The molecule has 1 aliphatic rings. The summed E-state index contributed by atoms with van der Waals surface area (Å²) in [4.78, 5) is 28.4. The fourth-order valence-corrected chi connectivity index (χ4v) is 3.39. The first-order valence-corrected chi connectivity index (χ1v) is 9.61. The maximum atomic E-state index is 12.4. The summed E-state index contributed by atoms with van der Waals surface area (Å²) in [5.74, 6) is 0.692. The van der Waals surface area contributed by atoms with Crippen molar-refractivity contribution in [3.8, 4) is 11.3 Å². The van der Waals surface area contributed by atoms with Crippen molar-refractivity contribution >= 4 is 33.5 Å². The van der Waals surface area contributed by atoms with Crippen LogP contribution in [0.1, 0.15) is 33.9 Å². The molecule has 1 N–H and O–H groups in total. The summed E-state index contributed by atoms with van der Waals surface area (Å²) in [7, 11) is 0. The van der Waals surface area contributed by atoms with Gasteiger partial charge in [-0.15, -0.1) is 0 Å². The van der Waals surface area contributed by atoms with Gasteiger partial charge in [-0.1, -0.05) is 34.1 Å². The summed E-state index contributed by atoms with van der Waals surface area (Å²) < 4.78 is 11.9. The molecule has 0 saturated heterocycles. The molecular weight excluding hydrogens is 424 g/mol. The van der Waals surface area contributed by atoms with E-state index in [0.717, 1.165) is 15.7 Å². The molecule has 0 bridgehead atoms. The molecule has 6 nitrogen and oxygen atoms in total. The molecule has 2 heterocycles. The molecular formula is C21H17BrN2O4. The van der Waals surface area contributed by atoms with Crippen LogP contribution < -0.4 is 5.32 Å². The molecule has 0 spiro atoms. The number of fused-ring (bicyclic) bond motifs is 1. The Kier molecular flexibility index (Phi) is 5.00. The van der Waals surface area contributed by atoms with Gasteiger partial charge in [-0.2, -0.15) is 0 Å². The number of carbonyl (C=O) groups is 2. The number of esters is 1. The zero-order valence-electron chi connectivity index (χ0n) is 15.1. The molecule has 0 fully saturated rings. The normalized spacial score (nSPS) is 12.6. The predicted molar refractivity (Wildman–Crippen MR) is 107 cm³/mol. The highest BCUT2D eigenvalue weighted by atomic mass is 79.9. The molecule has 1 amide bonds.